The average molecular weight is 438 g/mol. The predicted molar refractivity (Wildman–Crippen MR) is 117 cm³/mol. The van der Waals surface area contributed by atoms with E-state index >= 15 is 0 Å². The first-order valence-corrected chi connectivity index (χ1v) is 10.5. The summed E-state index contributed by atoms with van der Waals surface area (Å²) in [4.78, 5) is 17.9. The molecule has 3 heterocycles. The first-order valence-electron chi connectivity index (χ1n) is 8.41. The topological polar surface area (TPSA) is 78.9 Å². The van der Waals surface area contributed by atoms with Gasteiger partial charge in [0.2, 0.25) is 0 Å². The Morgan fingerprint density at radius 3 is 2.86 bits per heavy atom. The molecule has 1 aromatic carbocycles. The van der Waals surface area contributed by atoms with E-state index in [-0.39, 0.29) is 5.57 Å². The highest BCUT2D eigenvalue weighted by atomic mass is 35.5. The molecule has 0 aliphatic carbocycles. The Balaban J connectivity index is 1.51. The number of hydrogen-bond acceptors (Lipinski definition) is 6. The molecule has 5 nitrogen and oxygen atoms in total. The zero-order valence-electron chi connectivity index (χ0n) is 14.8. The smallest absolute Gasteiger partial charge is 0.268 e. The van der Waals surface area contributed by atoms with Gasteiger partial charge in [-0.3, -0.25) is 10.1 Å². The van der Waals surface area contributed by atoms with E-state index in [9.17, 15) is 10.1 Å². The minimum absolute atomic E-state index is 0.0788. The van der Waals surface area contributed by atoms with Crippen molar-refractivity contribution in [3.8, 4) is 28.0 Å². The molecule has 0 saturated carbocycles. The van der Waals surface area contributed by atoms with Crippen LogP contribution in [0, 0.1) is 11.3 Å². The molecule has 3 aromatic heterocycles. The van der Waals surface area contributed by atoms with Crippen LogP contribution in [0.2, 0.25) is 5.02 Å². The third-order valence-electron chi connectivity index (χ3n) is 3.89. The normalized spacial score (nSPS) is 11.2. The number of aromatic nitrogens is 1. The fourth-order valence-electron chi connectivity index (χ4n) is 2.55. The van der Waals surface area contributed by atoms with Gasteiger partial charge in [-0.25, -0.2) is 4.98 Å². The molecule has 4 aromatic rings. The number of furan rings is 1. The maximum absolute atomic E-state index is 12.5. The van der Waals surface area contributed by atoms with Crippen molar-refractivity contribution in [3.05, 3.63) is 75.6 Å². The van der Waals surface area contributed by atoms with Gasteiger partial charge in [0.05, 0.1) is 10.6 Å². The second kappa shape index (κ2) is 8.45. The molecule has 142 valence electrons. The van der Waals surface area contributed by atoms with Crippen LogP contribution in [0.5, 0.6) is 0 Å². The number of nitrogens with one attached hydrogen (secondary N) is 1. The second-order valence-electron chi connectivity index (χ2n) is 5.85. The SMILES string of the molecule is N#C/C(=C/c1ccc(-c2cccc(Cl)c2)o1)C(=O)Nc1nc(-c2cccs2)cs1. The lowest BCUT2D eigenvalue weighted by Gasteiger charge is -1.99. The highest BCUT2D eigenvalue weighted by molar-refractivity contribution is 7.16. The molecule has 0 aliphatic rings. The highest BCUT2D eigenvalue weighted by Crippen LogP contribution is 2.29. The quantitative estimate of drug-likeness (QED) is 0.292. The molecule has 1 N–H and O–H groups in total. The van der Waals surface area contributed by atoms with Crippen LogP contribution in [0.15, 0.2) is 69.3 Å². The van der Waals surface area contributed by atoms with Gasteiger partial charge in [-0.05, 0) is 35.7 Å². The van der Waals surface area contributed by atoms with E-state index < -0.39 is 5.91 Å². The number of halogens is 1. The molecule has 0 bridgehead atoms. The summed E-state index contributed by atoms with van der Waals surface area (Å²) >= 11 is 8.88. The van der Waals surface area contributed by atoms with Crippen LogP contribution in [0.3, 0.4) is 0 Å². The fraction of sp³-hybridized carbons (Fsp3) is 0. The highest BCUT2D eigenvalue weighted by Gasteiger charge is 2.14. The van der Waals surface area contributed by atoms with Crippen molar-refractivity contribution >= 4 is 51.4 Å². The van der Waals surface area contributed by atoms with Gasteiger partial charge < -0.3 is 4.42 Å². The van der Waals surface area contributed by atoms with Crippen molar-refractivity contribution in [1.29, 1.82) is 5.26 Å². The molecule has 0 spiro atoms. The number of anilines is 1. The lowest BCUT2D eigenvalue weighted by Crippen LogP contribution is -2.13. The Morgan fingerprint density at radius 1 is 1.21 bits per heavy atom. The maximum atomic E-state index is 12.5. The molecule has 0 atom stereocenters. The molecular formula is C21H12ClN3O2S2. The minimum Gasteiger partial charge on any atom is -0.457 e. The number of carbonyl (C=O) groups is 1. The molecule has 0 radical (unpaired) electrons. The van der Waals surface area contributed by atoms with Gasteiger partial charge >= 0.3 is 0 Å². The maximum Gasteiger partial charge on any atom is 0.268 e. The summed E-state index contributed by atoms with van der Waals surface area (Å²) in [7, 11) is 0. The van der Waals surface area contributed by atoms with E-state index in [1.165, 1.54) is 17.4 Å². The van der Waals surface area contributed by atoms with Gasteiger partial charge in [0, 0.05) is 22.0 Å². The van der Waals surface area contributed by atoms with E-state index in [1.807, 2.05) is 41.1 Å². The molecule has 4 rings (SSSR count). The van der Waals surface area contributed by atoms with E-state index in [1.54, 1.807) is 35.6 Å². The number of amides is 1. The molecular weight excluding hydrogens is 426 g/mol. The van der Waals surface area contributed by atoms with Gasteiger partial charge in [0.15, 0.2) is 5.13 Å². The van der Waals surface area contributed by atoms with Gasteiger partial charge in [0.25, 0.3) is 5.91 Å². The van der Waals surface area contributed by atoms with E-state index in [4.69, 9.17) is 16.0 Å². The monoisotopic (exact) mass is 437 g/mol. The summed E-state index contributed by atoms with van der Waals surface area (Å²) in [6.45, 7) is 0. The Bertz CT molecular complexity index is 1230. The largest absolute Gasteiger partial charge is 0.457 e. The Hall–Kier alpha value is -3.18. The van der Waals surface area contributed by atoms with Crippen LogP contribution in [0.4, 0.5) is 5.13 Å². The molecule has 29 heavy (non-hydrogen) atoms. The fourth-order valence-corrected chi connectivity index (χ4v) is 4.21. The third-order valence-corrected chi connectivity index (χ3v) is 5.77. The van der Waals surface area contributed by atoms with Crippen molar-refractivity contribution < 1.29 is 9.21 Å². The molecule has 0 unspecified atom stereocenters. The van der Waals surface area contributed by atoms with Crippen LogP contribution < -0.4 is 5.32 Å². The van der Waals surface area contributed by atoms with Crippen molar-refractivity contribution in [2.75, 3.05) is 5.32 Å². The Kier molecular flexibility index (Phi) is 5.58. The number of nitriles is 1. The summed E-state index contributed by atoms with van der Waals surface area (Å²) in [5.74, 6) is 0.447. The van der Waals surface area contributed by atoms with Crippen molar-refractivity contribution in [2.45, 2.75) is 0 Å². The number of carbonyl (C=O) groups excluding carboxylic acids is 1. The first kappa shape index (κ1) is 19.2. The summed E-state index contributed by atoms with van der Waals surface area (Å²) in [6.07, 6.45) is 1.40. The summed E-state index contributed by atoms with van der Waals surface area (Å²) < 4.78 is 5.73. The molecule has 0 fully saturated rings. The molecule has 1 amide bonds. The number of thiophene rings is 1. The van der Waals surface area contributed by atoms with E-state index in [2.05, 4.69) is 10.3 Å². The number of benzene rings is 1. The summed E-state index contributed by atoms with van der Waals surface area (Å²) in [5, 5.41) is 16.9. The Morgan fingerprint density at radius 2 is 2.10 bits per heavy atom. The van der Waals surface area contributed by atoms with Gasteiger partial charge in [-0.15, -0.1) is 22.7 Å². The van der Waals surface area contributed by atoms with E-state index in [0.717, 1.165) is 16.1 Å². The van der Waals surface area contributed by atoms with Crippen LogP contribution in [-0.4, -0.2) is 10.9 Å². The number of thiazole rings is 1. The van der Waals surface area contributed by atoms with Crippen molar-refractivity contribution in [1.82, 2.24) is 4.98 Å². The number of rotatable bonds is 5. The number of nitrogens with zero attached hydrogens (tertiary/aromatic N) is 2. The van der Waals surface area contributed by atoms with Crippen molar-refractivity contribution in [2.24, 2.45) is 0 Å². The zero-order valence-corrected chi connectivity index (χ0v) is 17.1. The van der Waals surface area contributed by atoms with Crippen molar-refractivity contribution in [3.63, 3.8) is 0 Å². The van der Waals surface area contributed by atoms with Crippen LogP contribution in [0.25, 0.3) is 28.0 Å². The van der Waals surface area contributed by atoms with E-state index in [0.29, 0.717) is 21.7 Å². The number of hydrogen-bond donors (Lipinski definition) is 1. The standard InChI is InChI=1S/C21H12ClN3O2S2/c22-15-4-1-3-13(9-15)18-7-6-16(27-18)10-14(11-23)20(26)25-21-24-17(12-29-21)19-5-2-8-28-19/h1-10,12H,(H,24,25,26)/b14-10-. The average Bonchev–Trinajstić information content (AvgIpc) is 3.47. The summed E-state index contributed by atoms with van der Waals surface area (Å²) in [6, 6.07) is 16.5. The Labute approximate surface area is 179 Å². The summed E-state index contributed by atoms with van der Waals surface area (Å²) in [5.41, 5.74) is 1.52. The van der Waals surface area contributed by atoms with Gasteiger partial charge in [0.1, 0.15) is 23.2 Å². The predicted octanol–water partition coefficient (Wildman–Crippen LogP) is 6.33. The van der Waals surface area contributed by atoms with Crippen LogP contribution in [0.1, 0.15) is 5.76 Å². The molecule has 0 aliphatic heterocycles. The zero-order chi connectivity index (χ0) is 20.2. The van der Waals surface area contributed by atoms with Crippen LogP contribution in [-0.2, 0) is 4.79 Å². The van der Waals surface area contributed by atoms with Gasteiger partial charge in [-0.2, -0.15) is 5.26 Å². The lowest BCUT2D eigenvalue weighted by atomic mass is 10.2. The first-order chi connectivity index (χ1) is 14.1. The van der Waals surface area contributed by atoms with Gasteiger partial charge in [-0.1, -0.05) is 29.8 Å². The minimum atomic E-state index is -0.541. The lowest BCUT2D eigenvalue weighted by molar-refractivity contribution is -0.112. The molecule has 0 saturated heterocycles. The third kappa shape index (κ3) is 4.46. The second-order valence-corrected chi connectivity index (χ2v) is 8.09. The van der Waals surface area contributed by atoms with Crippen LogP contribution >= 0.6 is 34.3 Å². The molecule has 8 heteroatoms.